The number of carbonyl (C=O) groups excluding carboxylic acids is 1. The van der Waals surface area contributed by atoms with Crippen molar-refractivity contribution in [3.63, 3.8) is 0 Å². The molecule has 1 rings (SSSR count). The Morgan fingerprint density at radius 1 is 1.43 bits per heavy atom. The lowest BCUT2D eigenvalue weighted by Gasteiger charge is -1.95. The Morgan fingerprint density at radius 3 is 2.79 bits per heavy atom. The summed E-state index contributed by atoms with van der Waals surface area (Å²) in [6, 6.07) is 10.0. The minimum absolute atomic E-state index is 0.307. The second-order valence-electron chi connectivity index (χ2n) is 2.55. The fraction of sp³-hybridized carbons (Fsp3) is 0.182. The first-order valence-corrected chi connectivity index (χ1v) is 5.24. The number of methoxy groups -OCH3 is 1. The minimum atomic E-state index is -0.307. The van der Waals surface area contributed by atoms with Crippen molar-refractivity contribution in [2.24, 2.45) is 0 Å². The Kier molecular flexibility index (Phi) is 4.86. The van der Waals surface area contributed by atoms with Crippen LogP contribution in [-0.4, -0.2) is 18.8 Å². The first-order chi connectivity index (χ1) is 6.83. The summed E-state index contributed by atoms with van der Waals surface area (Å²) < 4.78 is 4.47. The van der Waals surface area contributed by atoms with Crippen molar-refractivity contribution in [1.82, 2.24) is 0 Å². The van der Waals surface area contributed by atoms with Gasteiger partial charge in [0.25, 0.3) is 0 Å². The topological polar surface area (TPSA) is 26.3 Å². The molecule has 0 saturated carbocycles. The van der Waals surface area contributed by atoms with Gasteiger partial charge in [-0.1, -0.05) is 24.3 Å². The summed E-state index contributed by atoms with van der Waals surface area (Å²) in [5.41, 5.74) is 0. The average molecular weight is 208 g/mol. The molecule has 74 valence electrons. The van der Waals surface area contributed by atoms with Gasteiger partial charge < -0.3 is 4.74 Å². The minimum Gasteiger partial charge on any atom is -0.466 e. The zero-order valence-electron chi connectivity index (χ0n) is 7.97. The lowest BCUT2D eigenvalue weighted by Crippen LogP contribution is -1.93. The third-order valence-electron chi connectivity index (χ3n) is 1.54. The molecule has 0 N–H and O–H groups in total. The second-order valence-corrected chi connectivity index (χ2v) is 3.64. The van der Waals surface area contributed by atoms with Gasteiger partial charge in [-0.15, -0.1) is 11.8 Å². The normalized spacial score (nSPS) is 10.4. The molecule has 0 spiro atoms. The van der Waals surface area contributed by atoms with E-state index < -0.39 is 0 Å². The summed E-state index contributed by atoms with van der Waals surface area (Å²) in [5, 5.41) is 0. The van der Waals surface area contributed by atoms with E-state index in [0.717, 1.165) is 5.75 Å². The Balaban J connectivity index is 2.29. The Bertz CT molecular complexity index is 306. The van der Waals surface area contributed by atoms with Crippen molar-refractivity contribution in [2.75, 3.05) is 12.9 Å². The third-order valence-corrected chi connectivity index (χ3v) is 2.51. The van der Waals surface area contributed by atoms with Gasteiger partial charge in [-0.05, 0) is 12.1 Å². The van der Waals surface area contributed by atoms with Crippen LogP contribution < -0.4 is 0 Å². The first kappa shape index (κ1) is 10.9. The molecule has 3 heteroatoms. The van der Waals surface area contributed by atoms with Crippen molar-refractivity contribution in [3.05, 3.63) is 42.5 Å². The number of thioether (sulfide) groups is 1. The smallest absolute Gasteiger partial charge is 0.330 e. The van der Waals surface area contributed by atoms with Crippen LogP contribution in [0.3, 0.4) is 0 Å². The summed E-state index contributed by atoms with van der Waals surface area (Å²) in [5.74, 6) is 0.470. The highest BCUT2D eigenvalue weighted by atomic mass is 32.2. The van der Waals surface area contributed by atoms with Crippen molar-refractivity contribution >= 4 is 17.7 Å². The van der Waals surface area contributed by atoms with Crippen molar-refractivity contribution in [3.8, 4) is 0 Å². The lowest BCUT2D eigenvalue weighted by atomic mass is 10.4. The van der Waals surface area contributed by atoms with Crippen LogP contribution in [0, 0.1) is 0 Å². The van der Waals surface area contributed by atoms with Crippen LogP contribution in [-0.2, 0) is 9.53 Å². The molecule has 0 radical (unpaired) electrons. The lowest BCUT2D eigenvalue weighted by molar-refractivity contribution is -0.134. The second kappa shape index (κ2) is 6.27. The fourth-order valence-corrected chi connectivity index (χ4v) is 1.61. The fourth-order valence-electron chi connectivity index (χ4n) is 0.873. The molecule has 1 aromatic rings. The van der Waals surface area contributed by atoms with Gasteiger partial charge in [0.1, 0.15) is 0 Å². The molecule has 0 atom stereocenters. The number of hydrogen-bond acceptors (Lipinski definition) is 3. The maximum Gasteiger partial charge on any atom is 0.330 e. The molecule has 0 bridgehead atoms. The van der Waals surface area contributed by atoms with E-state index in [1.165, 1.54) is 18.1 Å². The molecular formula is C11H12O2S. The number of benzene rings is 1. The summed E-state index contributed by atoms with van der Waals surface area (Å²) >= 11 is 1.68. The molecule has 0 heterocycles. The number of rotatable bonds is 4. The van der Waals surface area contributed by atoms with Crippen LogP contribution in [0.15, 0.2) is 47.4 Å². The highest BCUT2D eigenvalue weighted by Gasteiger charge is 1.91. The monoisotopic (exact) mass is 208 g/mol. The first-order valence-electron chi connectivity index (χ1n) is 4.25. The molecule has 0 amide bonds. The number of hydrogen-bond donors (Lipinski definition) is 0. The van der Waals surface area contributed by atoms with Crippen LogP contribution in [0.25, 0.3) is 0 Å². The number of ether oxygens (including phenoxy) is 1. The molecule has 0 fully saturated rings. The third kappa shape index (κ3) is 4.14. The van der Waals surface area contributed by atoms with Crippen LogP contribution in [0.2, 0.25) is 0 Å². The van der Waals surface area contributed by atoms with Gasteiger partial charge in [0, 0.05) is 16.7 Å². The van der Waals surface area contributed by atoms with Crippen LogP contribution in [0.4, 0.5) is 0 Å². The van der Waals surface area contributed by atoms with E-state index >= 15 is 0 Å². The van der Waals surface area contributed by atoms with Crippen LogP contribution >= 0.6 is 11.8 Å². The van der Waals surface area contributed by atoms with Gasteiger partial charge in [0.05, 0.1) is 7.11 Å². The molecule has 0 aliphatic carbocycles. The standard InChI is InChI=1S/C11H12O2S/c1-13-11(12)8-5-9-14-10-6-3-2-4-7-10/h2-8H,9H2,1H3. The SMILES string of the molecule is COC(=O)C=CCSc1ccccc1. The maximum absolute atomic E-state index is 10.7. The van der Waals surface area contributed by atoms with E-state index in [1.807, 2.05) is 30.3 Å². The van der Waals surface area contributed by atoms with E-state index in [4.69, 9.17) is 0 Å². The zero-order valence-corrected chi connectivity index (χ0v) is 8.79. The van der Waals surface area contributed by atoms with Crippen molar-refractivity contribution < 1.29 is 9.53 Å². The van der Waals surface area contributed by atoms with Gasteiger partial charge in [-0.25, -0.2) is 4.79 Å². The largest absolute Gasteiger partial charge is 0.466 e. The average Bonchev–Trinajstić information content (AvgIpc) is 2.25. The number of carbonyl (C=O) groups is 1. The number of esters is 1. The van der Waals surface area contributed by atoms with E-state index in [0.29, 0.717) is 0 Å². The molecule has 0 aliphatic heterocycles. The summed E-state index contributed by atoms with van der Waals surface area (Å²) in [4.78, 5) is 11.9. The summed E-state index contributed by atoms with van der Waals surface area (Å²) in [6.45, 7) is 0. The van der Waals surface area contributed by atoms with Gasteiger partial charge in [-0.3, -0.25) is 0 Å². The summed E-state index contributed by atoms with van der Waals surface area (Å²) in [6.07, 6.45) is 3.24. The van der Waals surface area contributed by atoms with Crippen LogP contribution in [0.5, 0.6) is 0 Å². The highest BCUT2D eigenvalue weighted by Crippen LogP contribution is 2.16. The van der Waals surface area contributed by atoms with E-state index in [2.05, 4.69) is 4.74 Å². The van der Waals surface area contributed by atoms with Gasteiger partial charge in [0.15, 0.2) is 0 Å². The van der Waals surface area contributed by atoms with Gasteiger partial charge in [0.2, 0.25) is 0 Å². The predicted octanol–water partition coefficient (Wildman–Crippen LogP) is 2.51. The van der Waals surface area contributed by atoms with Gasteiger partial charge >= 0.3 is 5.97 Å². The molecule has 0 aromatic heterocycles. The Morgan fingerprint density at radius 2 is 2.14 bits per heavy atom. The molecule has 0 aliphatic rings. The summed E-state index contributed by atoms with van der Waals surface area (Å²) in [7, 11) is 1.37. The van der Waals surface area contributed by atoms with E-state index in [9.17, 15) is 4.79 Å². The van der Waals surface area contributed by atoms with E-state index in [1.54, 1.807) is 17.8 Å². The quantitative estimate of drug-likeness (QED) is 0.432. The Hall–Kier alpha value is -1.22. The molecule has 14 heavy (non-hydrogen) atoms. The maximum atomic E-state index is 10.7. The van der Waals surface area contributed by atoms with Gasteiger partial charge in [-0.2, -0.15) is 0 Å². The molecule has 0 saturated heterocycles. The molecule has 1 aromatic carbocycles. The van der Waals surface area contributed by atoms with Crippen LogP contribution in [0.1, 0.15) is 0 Å². The van der Waals surface area contributed by atoms with Crippen molar-refractivity contribution in [2.45, 2.75) is 4.90 Å². The molecule has 2 nitrogen and oxygen atoms in total. The predicted molar refractivity (Wildman–Crippen MR) is 58.3 cm³/mol. The van der Waals surface area contributed by atoms with Crippen molar-refractivity contribution in [1.29, 1.82) is 0 Å². The highest BCUT2D eigenvalue weighted by molar-refractivity contribution is 7.99. The Labute approximate surface area is 88.0 Å². The van der Waals surface area contributed by atoms with E-state index in [-0.39, 0.29) is 5.97 Å². The zero-order chi connectivity index (χ0) is 10.2. The molecular weight excluding hydrogens is 196 g/mol. The molecule has 0 unspecified atom stereocenters.